The van der Waals surface area contributed by atoms with Crippen molar-refractivity contribution < 1.29 is 61.4 Å². The molecule has 1 atom stereocenters. The summed E-state index contributed by atoms with van der Waals surface area (Å²) < 4.78 is 48.1. The molecular formula is C46H57FN4O12S. The smallest absolute Gasteiger partial charge is 0.410 e. The van der Waals surface area contributed by atoms with E-state index in [1.54, 1.807) is 98.7 Å². The number of esters is 1. The molecule has 0 aliphatic carbocycles. The first-order valence-corrected chi connectivity index (χ1v) is 22.0. The molecule has 6 rings (SSSR count). The lowest BCUT2D eigenvalue weighted by molar-refractivity contribution is 0.00479. The van der Waals surface area contributed by atoms with Gasteiger partial charge < -0.3 is 53.1 Å². The van der Waals surface area contributed by atoms with Crippen molar-refractivity contribution in [2.75, 3.05) is 64.7 Å². The molecule has 1 N–H and O–H groups in total. The fourth-order valence-corrected chi connectivity index (χ4v) is 7.58. The monoisotopic (exact) mass is 908 g/mol. The van der Waals surface area contributed by atoms with Crippen molar-refractivity contribution in [3.05, 3.63) is 82.4 Å². The Morgan fingerprint density at radius 2 is 1.11 bits per heavy atom. The number of fused-ring (bicyclic) bond motifs is 6. The minimum absolute atomic E-state index is 0.00985. The number of carbonyl (C=O) groups excluding carboxylic acids is 5. The van der Waals surface area contributed by atoms with Crippen molar-refractivity contribution in [2.24, 2.45) is 0 Å². The fraction of sp³-hybridized carbons (Fsp3) is 0.500. The Kier molecular flexibility index (Phi) is 13.9. The van der Waals surface area contributed by atoms with Crippen LogP contribution in [0, 0.1) is 0 Å². The van der Waals surface area contributed by atoms with Crippen molar-refractivity contribution in [3.8, 4) is 23.0 Å². The summed E-state index contributed by atoms with van der Waals surface area (Å²) in [5, 5.41) is 10.4. The van der Waals surface area contributed by atoms with E-state index in [-0.39, 0.29) is 105 Å². The molecular weight excluding hydrogens is 852 g/mol. The van der Waals surface area contributed by atoms with E-state index in [0.29, 0.717) is 22.4 Å². The molecule has 1 spiro atoms. The summed E-state index contributed by atoms with van der Waals surface area (Å²) in [6, 6.07) is 14.1. The van der Waals surface area contributed by atoms with E-state index in [0.717, 1.165) is 0 Å². The van der Waals surface area contributed by atoms with Crippen LogP contribution in [0.2, 0.25) is 0 Å². The van der Waals surface area contributed by atoms with Gasteiger partial charge in [-0.3, -0.25) is 4.79 Å². The molecule has 3 aliphatic rings. The van der Waals surface area contributed by atoms with Gasteiger partial charge in [0.25, 0.3) is 5.91 Å². The lowest BCUT2D eigenvalue weighted by Crippen LogP contribution is -2.52. The summed E-state index contributed by atoms with van der Waals surface area (Å²) in [7, 11) is 0. The molecule has 0 aromatic heterocycles. The van der Waals surface area contributed by atoms with Crippen LogP contribution in [-0.4, -0.2) is 136 Å². The van der Waals surface area contributed by atoms with Crippen molar-refractivity contribution in [2.45, 2.75) is 84.7 Å². The number of hydrogen-bond donors (Lipinski definition) is 1. The SMILES string of the molecule is CC(C)(C)OC(=O)N1CCN(C(=O)OC(C)(C)C)CCN(C(=O)c2ccc3c(c2)C(=O)OC32c3ccc(O)cc3Oc3cc(OCCSF)ccc32)CCN(C(=O)OC(C)(C)C)CC1. The average Bonchev–Trinajstić information content (AvgIpc) is 3.46. The van der Waals surface area contributed by atoms with E-state index in [1.807, 2.05) is 0 Å². The molecule has 0 bridgehead atoms. The Bertz CT molecular complexity index is 2230. The molecule has 4 amide bonds. The van der Waals surface area contributed by atoms with Crippen LogP contribution in [0.15, 0.2) is 54.6 Å². The van der Waals surface area contributed by atoms with Crippen LogP contribution < -0.4 is 9.47 Å². The summed E-state index contributed by atoms with van der Waals surface area (Å²) in [6.07, 6.45) is -1.92. The lowest BCUT2D eigenvalue weighted by atomic mass is 9.77. The van der Waals surface area contributed by atoms with Gasteiger partial charge in [-0.15, -0.1) is 0 Å². The number of rotatable bonds is 5. The largest absolute Gasteiger partial charge is 0.508 e. The fourth-order valence-electron chi connectivity index (χ4n) is 7.44. The number of benzene rings is 3. The predicted octanol–water partition coefficient (Wildman–Crippen LogP) is 8.12. The van der Waals surface area contributed by atoms with E-state index >= 15 is 0 Å². The maximum atomic E-state index is 14.7. The van der Waals surface area contributed by atoms with Gasteiger partial charge in [0.15, 0.2) is 5.60 Å². The summed E-state index contributed by atoms with van der Waals surface area (Å²) in [4.78, 5) is 75.2. The van der Waals surface area contributed by atoms with Gasteiger partial charge in [0.1, 0.15) is 39.8 Å². The highest BCUT2D eigenvalue weighted by Gasteiger charge is 2.54. The van der Waals surface area contributed by atoms with Crippen LogP contribution in [0.4, 0.5) is 18.3 Å². The molecule has 0 saturated carbocycles. The van der Waals surface area contributed by atoms with Crippen LogP contribution in [0.1, 0.15) is 99.7 Å². The number of halogens is 1. The molecule has 16 nitrogen and oxygen atoms in total. The van der Waals surface area contributed by atoms with E-state index in [2.05, 4.69) is 0 Å². The number of ether oxygens (including phenoxy) is 6. The quantitative estimate of drug-likeness (QED) is 0.148. The molecule has 0 radical (unpaired) electrons. The van der Waals surface area contributed by atoms with E-state index < -0.39 is 52.6 Å². The molecule has 3 aliphatic heterocycles. The topological polar surface area (TPSA) is 174 Å². The molecule has 1 saturated heterocycles. The number of phenolic OH excluding ortho intramolecular Hbond substituents is 1. The van der Waals surface area contributed by atoms with Gasteiger partial charge >= 0.3 is 24.2 Å². The maximum Gasteiger partial charge on any atom is 0.410 e. The number of phenols is 1. The summed E-state index contributed by atoms with van der Waals surface area (Å²) in [5.74, 6) is -0.295. The molecule has 64 heavy (non-hydrogen) atoms. The number of carbonyl (C=O) groups is 5. The summed E-state index contributed by atoms with van der Waals surface area (Å²) in [6.45, 7) is 15.8. The Labute approximate surface area is 377 Å². The van der Waals surface area contributed by atoms with Crippen molar-refractivity contribution in [3.63, 3.8) is 0 Å². The molecule has 3 heterocycles. The second-order valence-corrected chi connectivity index (χ2v) is 19.3. The van der Waals surface area contributed by atoms with E-state index in [4.69, 9.17) is 28.4 Å². The van der Waals surface area contributed by atoms with Crippen LogP contribution in [0.5, 0.6) is 23.0 Å². The molecule has 3 aromatic rings. The van der Waals surface area contributed by atoms with Crippen LogP contribution in [0.3, 0.4) is 0 Å². The van der Waals surface area contributed by atoms with Gasteiger partial charge in [-0.2, -0.15) is 3.89 Å². The van der Waals surface area contributed by atoms with Gasteiger partial charge in [0.05, 0.1) is 17.9 Å². The highest BCUT2D eigenvalue weighted by molar-refractivity contribution is 7.94. The Hall–Kier alpha value is -5.91. The first kappa shape index (κ1) is 47.6. The van der Waals surface area contributed by atoms with Crippen LogP contribution in [-0.2, 0) is 24.5 Å². The maximum absolute atomic E-state index is 14.7. The van der Waals surface area contributed by atoms with Crippen molar-refractivity contribution in [1.29, 1.82) is 0 Å². The van der Waals surface area contributed by atoms with Gasteiger partial charge in [-0.1, -0.05) is 6.07 Å². The van der Waals surface area contributed by atoms with Crippen molar-refractivity contribution in [1.82, 2.24) is 19.6 Å². The number of nitrogens with zero attached hydrogens (tertiary/aromatic N) is 4. The molecule has 1 fully saturated rings. The highest BCUT2D eigenvalue weighted by atomic mass is 32.2. The Morgan fingerprint density at radius 1 is 0.656 bits per heavy atom. The Balaban J connectivity index is 1.36. The third kappa shape index (κ3) is 11.1. The zero-order valence-electron chi connectivity index (χ0n) is 37.8. The second-order valence-electron chi connectivity index (χ2n) is 18.6. The minimum atomic E-state index is -1.54. The average molecular weight is 909 g/mol. The first-order valence-electron chi connectivity index (χ1n) is 21.1. The van der Waals surface area contributed by atoms with Gasteiger partial charge in [-0.05, 0) is 98.7 Å². The zero-order valence-corrected chi connectivity index (χ0v) is 38.6. The number of aromatic hydroxyl groups is 1. The predicted molar refractivity (Wildman–Crippen MR) is 235 cm³/mol. The summed E-state index contributed by atoms with van der Waals surface area (Å²) in [5.41, 5.74) is -2.48. The minimum Gasteiger partial charge on any atom is -0.508 e. The molecule has 18 heteroatoms. The standard InChI is InChI=1S/C46H57FN4O12S/c1-43(2,3)61-40(55)49-18-16-48(17-19-50(41(56)62-44(4,5)6)21-23-51(22-20-49)42(57)63-45(7,8)9)38(53)29-10-13-33-32(26-29)39(54)60-46(33)34-14-11-30(52)27-36(34)59-37-28-31(12-15-35(37)46)58-24-25-64-47/h10-15,26-28,52H,16-25H2,1-9H3. The Morgan fingerprint density at radius 3 is 1.59 bits per heavy atom. The van der Waals surface area contributed by atoms with Crippen LogP contribution >= 0.6 is 12.1 Å². The molecule has 3 aromatic carbocycles. The van der Waals surface area contributed by atoms with E-state index in [1.165, 1.54) is 37.8 Å². The second kappa shape index (κ2) is 18.7. The summed E-state index contributed by atoms with van der Waals surface area (Å²) >= 11 is 0.149. The normalized spacial score (nSPS) is 18.1. The highest BCUT2D eigenvalue weighted by Crippen LogP contribution is 2.57. The first-order chi connectivity index (χ1) is 30.0. The van der Waals surface area contributed by atoms with Crippen LogP contribution in [0.25, 0.3) is 0 Å². The number of amides is 4. The van der Waals surface area contributed by atoms with Gasteiger partial charge in [-0.25, -0.2) is 19.2 Å². The molecule has 1 unspecified atom stereocenters. The zero-order chi connectivity index (χ0) is 46.8. The van der Waals surface area contributed by atoms with Gasteiger partial charge in [0, 0.05) is 98.9 Å². The van der Waals surface area contributed by atoms with E-state index in [9.17, 15) is 33.0 Å². The lowest BCUT2D eigenvalue weighted by Gasteiger charge is -2.36. The number of hydrogen-bond acceptors (Lipinski definition) is 13. The third-order valence-corrected chi connectivity index (χ3v) is 10.6. The van der Waals surface area contributed by atoms with Crippen molar-refractivity contribution >= 4 is 42.3 Å². The molecule has 346 valence electrons. The van der Waals surface area contributed by atoms with Gasteiger partial charge in [0.2, 0.25) is 0 Å². The third-order valence-electron chi connectivity index (χ3n) is 10.2.